The number of hydrogen-bond acceptors (Lipinski definition) is 2. The van der Waals surface area contributed by atoms with Gasteiger partial charge in [-0.1, -0.05) is 59.6 Å². The molecule has 1 saturated heterocycles. The van der Waals surface area contributed by atoms with Gasteiger partial charge in [0.2, 0.25) is 5.91 Å². The van der Waals surface area contributed by atoms with Gasteiger partial charge in [0.05, 0.1) is 22.6 Å². The molecule has 2 aromatic carbocycles. The summed E-state index contributed by atoms with van der Waals surface area (Å²) < 4.78 is 2.27. The number of nitrogens with zero attached hydrogens (tertiary/aromatic N) is 3. The van der Waals surface area contributed by atoms with E-state index in [4.69, 9.17) is 23.2 Å². The van der Waals surface area contributed by atoms with Crippen LogP contribution in [0.15, 0.2) is 66.9 Å². The summed E-state index contributed by atoms with van der Waals surface area (Å²) in [5, 5.41) is 1.09. The van der Waals surface area contributed by atoms with E-state index < -0.39 is 0 Å². The van der Waals surface area contributed by atoms with Gasteiger partial charge in [-0.2, -0.15) is 0 Å². The molecule has 5 rings (SSSR count). The molecule has 0 N–H and O–H groups in total. The van der Waals surface area contributed by atoms with Crippen molar-refractivity contribution in [3.8, 4) is 0 Å². The van der Waals surface area contributed by atoms with Crippen molar-refractivity contribution in [3.05, 3.63) is 93.7 Å². The number of carbonyl (C=O) groups excluding carboxylic acids is 1. The minimum Gasteiger partial charge on any atom is -0.348 e. The van der Waals surface area contributed by atoms with Crippen LogP contribution in [0, 0.1) is 5.92 Å². The van der Waals surface area contributed by atoms with Gasteiger partial charge in [-0.15, -0.1) is 0 Å². The number of piperidine rings is 1. The molecule has 1 atom stereocenters. The number of aromatic nitrogens is 1. The Morgan fingerprint density at radius 1 is 0.879 bits per heavy atom. The minimum absolute atomic E-state index is 0.0110. The Morgan fingerprint density at radius 2 is 1.67 bits per heavy atom. The zero-order valence-electron chi connectivity index (χ0n) is 18.7. The van der Waals surface area contributed by atoms with Gasteiger partial charge in [0.25, 0.3) is 0 Å². The predicted molar refractivity (Wildman–Crippen MR) is 134 cm³/mol. The van der Waals surface area contributed by atoms with E-state index >= 15 is 0 Å². The second kappa shape index (κ2) is 9.92. The number of benzene rings is 2. The number of carbonyl (C=O) groups is 1. The third-order valence-corrected chi connectivity index (χ3v) is 7.81. The second-order valence-electron chi connectivity index (χ2n) is 9.19. The van der Waals surface area contributed by atoms with Gasteiger partial charge in [-0.3, -0.25) is 9.69 Å². The molecule has 0 saturated carbocycles. The molecule has 6 heteroatoms. The molecule has 33 heavy (non-hydrogen) atoms. The van der Waals surface area contributed by atoms with Gasteiger partial charge in [0.15, 0.2) is 0 Å². The molecule has 0 aliphatic carbocycles. The molecule has 2 aliphatic rings. The number of halogens is 2. The number of amides is 1. The average molecular weight is 482 g/mol. The molecule has 1 fully saturated rings. The lowest BCUT2D eigenvalue weighted by atomic mass is 9.90. The van der Waals surface area contributed by atoms with Crippen LogP contribution in [0.25, 0.3) is 0 Å². The first-order valence-corrected chi connectivity index (χ1v) is 12.5. The van der Waals surface area contributed by atoms with Crippen LogP contribution >= 0.6 is 23.2 Å². The SMILES string of the molecule is O=C(CN1CCn2cccc2C1c1ccc(Cl)c(Cl)c1)N1CCC(Cc2ccccc2)CC1. The van der Waals surface area contributed by atoms with E-state index in [-0.39, 0.29) is 11.9 Å². The zero-order chi connectivity index (χ0) is 22.8. The fraction of sp³-hybridized carbons (Fsp3) is 0.370. The van der Waals surface area contributed by atoms with E-state index in [1.165, 1.54) is 11.3 Å². The smallest absolute Gasteiger partial charge is 0.236 e. The van der Waals surface area contributed by atoms with Crippen molar-refractivity contribution in [2.45, 2.75) is 31.8 Å². The third-order valence-electron chi connectivity index (χ3n) is 7.07. The molecule has 0 radical (unpaired) electrons. The van der Waals surface area contributed by atoms with Crippen LogP contribution < -0.4 is 0 Å². The lowest BCUT2D eigenvalue weighted by molar-refractivity contribution is -0.134. The summed E-state index contributed by atoms with van der Waals surface area (Å²) in [5.74, 6) is 0.872. The zero-order valence-corrected chi connectivity index (χ0v) is 20.2. The number of fused-ring (bicyclic) bond motifs is 1. The van der Waals surface area contributed by atoms with Gasteiger partial charge >= 0.3 is 0 Å². The summed E-state index contributed by atoms with van der Waals surface area (Å²) >= 11 is 12.5. The topological polar surface area (TPSA) is 28.5 Å². The summed E-state index contributed by atoms with van der Waals surface area (Å²) in [6.07, 6.45) is 5.35. The lowest BCUT2D eigenvalue weighted by Crippen LogP contribution is -2.47. The number of rotatable bonds is 5. The van der Waals surface area contributed by atoms with Crippen molar-refractivity contribution in [2.75, 3.05) is 26.2 Å². The Kier molecular flexibility index (Phi) is 6.77. The summed E-state index contributed by atoms with van der Waals surface area (Å²) in [4.78, 5) is 17.7. The summed E-state index contributed by atoms with van der Waals surface area (Å²) in [6.45, 7) is 3.81. The molecule has 3 aromatic rings. The first kappa shape index (κ1) is 22.5. The van der Waals surface area contributed by atoms with Gasteiger partial charge in [0, 0.05) is 38.1 Å². The Morgan fingerprint density at radius 3 is 2.42 bits per heavy atom. The quantitative estimate of drug-likeness (QED) is 0.468. The molecule has 172 valence electrons. The van der Waals surface area contributed by atoms with Crippen molar-refractivity contribution < 1.29 is 4.79 Å². The molecule has 2 aliphatic heterocycles. The summed E-state index contributed by atoms with van der Waals surface area (Å²) in [6, 6.07) is 20.7. The molecule has 3 heterocycles. The Balaban J connectivity index is 1.26. The lowest BCUT2D eigenvalue weighted by Gasteiger charge is -2.39. The highest BCUT2D eigenvalue weighted by molar-refractivity contribution is 6.42. The molecule has 1 aromatic heterocycles. The molecule has 1 unspecified atom stereocenters. The normalized spacial score (nSPS) is 19.5. The highest BCUT2D eigenvalue weighted by Gasteiger charge is 2.32. The largest absolute Gasteiger partial charge is 0.348 e. The van der Waals surface area contributed by atoms with Crippen LogP contribution in [0.5, 0.6) is 0 Å². The van der Waals surface area contributed by atoms with Gasteiger partial charge in [-0.25, -0.2) is 0 Å². The van der Waals surface area contributed by atoms with Crippen LogP contribution in [0.1, 0.15) is 35.7 Å². The maximum absolute atomic E-state index is 13.3. The second-order valence-corrected chi connectivity index (χ2v) is 10.0. The first-order valence-electron chi connectivity index (χ1n) is 11.7. The molecule has 0 spiro atoms. The Hall–Kier alpha value is -2.27. The van der Waals surface area contributed by atoms with E-state index in [9.17, 15) is 4.79 Å². The monoisotopic (exact) mass is 481 g/mol. The van der Waals surface area contributed by atoms with Crippen LogP contribution in [-0.2, 0) is 17.8 Å². The Labute approximate surface area is 205 Å². The van der Waals surface area contributed by atoms with E-state index in [1.54, 1.807) is 0 Å². The molecule has 0 bridgehead atoms. The average Bonchev–Trinajstić information content (AvgIpc) is 3.31. The minimum atomic E-state index is -0.0110. The highest BCUT2D eigenvalue weighted by Crippen LogP contribution is 2.35. The fourth-order valence-corrected chi connectivity index (χ4v) is 5.58. The number of likely N-dealkylation sites (tertiary alicyclic amines) is 1. The van der Waals surface area contributed by atoms with Gasteiger partial charge in [0.1, 0.15) is 0 Å². The van der Waals surface area contributed by atoms with Crippen LogP contribution in [0.2, 0.25) is 10.0 Å². The van der Waals surface area contributed by atoms with E-state index in [2.05, 4.69) is 63.0 Å². The van der Waals surface area contributed by atoms with E-state index in [1.807, 2.05) is 18.2 Å². The predicted octanol–water partition coefficient (Wildman–Crippen LogP) is 5.68. The van der Waals surface area contributed by atoms with E-state index in [0.717, 1.165) is 51.0 Å². The van der Waals surface area contributed by atoms with Crippen molar-refractivity contribution >= 4 is 29.1 Å². The first-order chi connectivity index (χ1) is 16.1. The highest BCUT2D eigenvalue weighted by atomic mass is 35.5. The standard InChI is InChI=1S/C27H29Cl2N3O/c28-23-9-8-22(18-24(23)29)27-25-7-4-12-30(25)15-16-32(27)19-26(33)31-13-10-21(11-14-31)17-20-5-2-1-3-6-20/h1-9,12,18,21,27H,10-11,13-17,19H2. The van der Waals surface area contributed by atoms with Gasteiger partial charge in [-0.05, 0) is 60.6 Å². The van der Waals surface area contributed by atoms with Crippen LogP contribution in [0.3, 0.4) is 0 Å². The Bertz CT molecular complexity index is 1110. The van der Waals surface area contributed by atoms with E-state index in [0.29, 0.717) is 22.5 Å². The van der Waals surface area contributed by atoms with Gasteiger partial charge < -0.3 is 9.47 Å². The summed E-state index contributed by atoms with van der Waals surface area (Å²) in [7, 11) is 0. The van der Waals surface area contributed by atoms with Crippen molar-refractivity contribution in [1.29, 1.82) is 0 Å². The van der Waals surface area contributed by atoms with Crippen molar-refractivity contribution in [3.63, 3.8) is 0 Å². The maximum atomic E-state index is 13.3. The number of hydrogen-bond donors (Lipinski definition) is 0. The third kappa shape index (κ3) is 4.98. The van der Waals surface area contributed by atoms with Crippen molar-refractivity contribution in [2.24, 2.45) is 5.92 Å². The van der Waals surface area contributed by atoms with Crippen LogP contribution in [0.4, 0.5) is 0 Å². The molecule has 1 amide bonds. The molecular weight excluding hydrogens is 453 g/mol. The van der Waals surface area contributed by atoms with Crippen LogP contribution in [-0.4, -0.2) is 46.5 Å². The maximum Gasteiger partial charge on any atom is 0.236 e. The molecular formula is C27H29Cl2N3O. The fourth-order valence-electron chi connectivity index (χ4n) is 5.27. The molecule has 4 nitrogen and oxygen atoms in total. The summed E-state index contributed by atoms with van der Waals surface area (Å²) in [5.41, 5.74) is 3.65. The van der Waals surface area contributed by atoms with Crippen molar-refractivity contribution in [1.82, 2.24) is 14.4 Å².